The minimum absolute atomic E-state index is 0.0711. The summed E-state index contributed by atoms with van der Waals surface area (Å²) in [6, 6.07) is 7.59. The predicted octanol–water partition coefficient (Wildman–Crippen LogP) is 3.07. The summed E-state index contributed by atoms with van der Waals surface area (Å²) in [4.78, 5) is 23.8. The largest absolute Gasteiger partial charge is 0.396 e. The van der Waals surface area contributed by atoms with Crippen LogP contribution in [0.5, 0.6) is 0 Å². The van der Waals surface area contributed by atoms with Crippen LogP contribution in [0.3, 0.4) is 0 Å². The molecular formula is C16H14FNO2. The number of anilines is 1. The molecule has 0 bridgehead atoms. The highest BCUT2D eigenvalue weighted by Gasteiger charge is 2.20. The maximum atomic E-state index is 13.5. The van der Waals surface area contributed by atoms with Crippen LogP contribution in [0, 0.1) is 19.7 Å². The summed E-state index contributed by atoms with van der Waals surface area (Å²) >= 11 is 0. The first-order chi connectivity index (χ1) is 9.47. The fourth-order valence-corrected chi connectivity index (χ4v) is 2.16. The average molecular weight is 271 g/mol. The number of benzene rings is 2. The van der Waals surface area contributed by atoms with Gasteiger partial charge in [0.1, 0.15) is 5.82 Å². The lowest BCUT2D eigenvalue weighted by molar-refractivity contribution is 0.102. The molecule has 0 radical (unpaired) electrons. The van der Waals surface area contributed by atoms with Gasteiger partial charge in [0, 0.05) is 16.7 Å². The van der Waals surface area contributed by atoms with E-state index in [0.29, 0.717) is 23.0 Å². The molecule has 20 heavy (non-hydrogen) atoms. The van der Waals surface area contributed by atoms with E-state index in [0.717, 1.165) is 0 Å². The standard InChI is InChI=1S/C16H14FNO2/c1-9-6-7-10(2)14(12(9)8-19)16(20)11-4-3-5-13(17)15(11)18/h3-8H,18H2,1-2H3. The highest BCUT2D eigenvalue weighted by molar-refractivity contribution is 6.16. The topological polar surface area (TPSA) is 60.2 Å². The first kappa shape index (κ1) is 13.9. The molecule has 0 saturated heterocycles. The van der Waals surface area contributed by atoms with Crippen LogP contribution in [-0.4, -0.2) is 12.1 Å². The zero-order valence-corrected chi connectivity index (χ0v) is 11.2. The number of nitrogen functional groups attached to an aromatic ring is 1. The summed E-state index contributed by atoms with van der Waals surface area (Å²) in [5.41, 5.74) is 7.44. The normalized spacial score (nSPS) is 10.3. The number of hydrogen-bond acceptors (Lipinski definition) is 3. The Hall–Kier alpha value is -2.49. The lowest BCUT2D eigenvalue weighted by Crippen LogP contribution is -2.12. The lowest BCUT2D eigenvalue weighted by atomic mass is 9.91. The van der Waals surface area contributed by atoms with Crippen molar-refractivity contribution in [2.45, 2.75) is 13.8 Å². The van der Waals surface area contributed by atoms with Gasteiger partial charge in [-0.25, -0.2) is 4.39 Å². The minimum atomic E-state index is -0.645. The molecule has 0 atom stereocenters. The Morgan fingerprint density at radius 2 is 1.80 bits per heavy atom. The van der Waals surface area contributed by atoms with Gasteiger partial charge in [0.25, 0.3) is 0 Å². The van der Waals surface area contributed by atoms with Crippen LogP contribution < -0.4 is 5.73 Å². The Bertz CT molecular complexity index is 708. The molecule has 0 aliphatic heterocycles. The molecule has 0 fully saturated rings. The molecule has 0 aliphatic carbocycles. The van der Waals surface area contributed by atoms with Crippen LogP contribution in [0.15, 0.2) is 30.3 Å². The van der Waals surface area contributed by atoms with E-state index >= 15 is 0 Å². The molecule has 102 valence electrons. The molecule has 0 aliphatic rings. The fraction of sp³-hybridized carbons (Fsp3) is 0.125. The molecule has 3 nitrogen and oxygen atoms in total. The quantitative estimate of drug-likeness (QED) is 0.530. The summed E-state index contributed by atoms with van der Waals surface area (Å²) in [5, 5.41) is 0. The van der Waals surface area contributed by atoms with Gasteiger partial charge in [0.05, 0.1) is 5.69 Å². The van der Waals surface area contributed by atoms with Crippen molar-refractivity contribution in [2.24, 2.45) is 0 Å². The zero-order chi connectivity index (χ0) is 14.9. The third-order valence-corrected chi connectivity index (χ3v) is 3.31. The van der Waals surface area contributed by atoms with E-state index in [1.807, 2.05) is 0 Å². The third-order valence-electron chi connectivity index (χ3n) is 3.31. The summed E-state index contributed by atoms with van der Waals surface area (Å²) in [5.74, 6) is -1.08. The van der Waals surface area contributed by atoms with Crippen molar-refractivity contribution in [3.63, 3.8) is 0 Å². The van der Waals surface area contributed by atoms with Crippen LogP contribution in [0.1, 0.15) is 37.4 Å². The number of aldehydes is 1. The number of halogens is 1. The van der Waals surface area contributed by atoms with Crippen molar-refractivity contribution >= 4 is 17.8 Å². The van der Waals surface area contributed by atoms with Gasteiger partial charge < -0.3 is 5.73 Å². The second-order valence-electron chi connectivity index (χ2n) is 4.64. The Morgan fingerprint density at radius 1 is 1.15 bits per heavy atom. The maximum absolute atomic E-state index is 13.5. The molecule has 0 aromatic heterocycles. The molecule has 0 saturated carbocycles. The molecule has 2 aromatic rings. The summed E-state index contributed by atoms with van der Waals surface area (Å²) in [6.45, 7) is 3.48. The monoisotopic (exact) mass is 271 g/mol. The van der Waals surface area contributed by atoms with Crippen LogP contribution in [0.4, 0.5) is 10.1 Å². The number of hydrogen-bond donors (Lipinski definition) is 1. The molecule has 2 rings (SSSR count). The van der Waals surface area contributed by atoms with Crippen molar-refractivity contribution in [1.82, 2.24) is 0 Å². The molecule has 2 aromatic carbocycles. The third kappa shape index (κ3) is 2.20. The Kier molecular flexibility index (Phi) is 3.66. The van der Waals surface area contributed by atoms with E-state index < -0.39 is 11.6 Å². The number of nitrogens with two attached hydrogens (primary N) is 1. The molecule has 2 N–H and O–H groups in total. The number of rotatable bonds is 3. The Labute approximate surface area is 116 Å². The predicted molar refractivity (Wildman–Crippen MR) is 75.5 cm³/mol. The maximum Gasteiger partial charge on any atom is 0.196 e. The molecule has 0 heterocycles. The van der Waals surface area contributed by atoms with Gasteiger partial charge >= 0.3 is 0 Å². The summed E-state index contributed by atoms with van der Waals surface area (Å²) < 4.78 is 13.5. The van der Waals surface area contributed by atoms with Gasteiger partial charge in [0.2, 0.25) is 0 Å². The first-order valence-electron chi connectivity index (χ1n) is 6.11. The Morgan fingerprint density at radius 3 is 2.45 bits per heavy atom. The fourth-order valence-electron chi connectivity index (χ4n) is 2.16. The van der Waals surface area contributed by atoms with E-state index in [-0.39, 0.29) is 16.8 Å². The van der Waals surface area contributed by atoms with Gasteiger partial charge in [-0.05, 0) is 37.1 Å². The summed E-state index contributed by atoms with van der Waals surface area (Å²) in [6.07, 6.45) is 0.644. The van der Waals surface area contributed by atoms with Gasteiger partial charge in [-0.15, -0.1) is 0 Å². The second kappa shape index (κ2) is 5.25. The van der Waals surface area contributed by atoms with E-state index in [1.54, 1.807) is 26.0 Å². The van der Waals surface area contributed by atoms with Crippen molar-refractivity contribution < 1.29 is 14.0 Å². The number of carbonyl (C=O) groups excluding carboxylic acids is 2. The van der Waals surface area contributed by atoms with Crippen LogP contribution in [0.2, 0.25) is 0 Å². The van der Waals surface area contributed by atoms with Gasteiger partial charge in [0.15, 0.2) is 12.1 Å². The molecule has 0 amide bonds. The van der Waals surface area contributed by atoms with Gasteiger partial charge in [-0.3, -0.25) is 9.59 Å². The van der Waals surface area contributed by atoms with Crippen LogP contribution >= 0.6 is 0 Å². The SMILES string of the molecule is Cc1ccc(C)c(C(=O)c2cccc(F)c2N)c1C=O. The molecule has 4 heteroatoms. The number of aryl methyl sites for hydroxylation is 2. The van der Waals surface area contributed by atoms with Crippen LogP contribution in [-0.2, 0) is 0 Å². The van der Waals surface area contributed by atoms with Crippen molar-refractivity contribution in [1.29, 1.82) is 0 Å². The molecule has 0 unspecified atom stereocenters. The average Bonchev–Trinajstić information content (AvgIpc) is 2.43. The first-order valence-corrected chi connectivity index (χ1v) is 6.11. The van der Waals surface area contributed by atoms with Gasteiger partial charge in [-0.2, -0.15) is 0 Å². The van der Waals surface area contributed by atoms with Crippen molar-refractivity contribution in [3.05, 3.63) is 64.0 Å². The highest BCUT2D eigenvalue weighted by atomic mass is 19.1. The number of carbonyl (C=O) groups is 2. The highest BCUT2D eigenvalue weighted by Crippen LogP contribution is 2.24. The minimum Gasteiger partial charge on any atom is -0.396 e. The Balaban J connectivity index is 2.68. The lowest BCUT2D eigenvalue weighted by Gasteiger charge is -2.12. The van der Waals surface area contributed by atoms with Crippen molar-refractivity contribution in [2.75, 3.05) is 5.73 Å². The number of para-hydroxylation sites is 1. The van der Waals surface area contributed by atoms with Crippen molar-refractivity contribution in [3.8, 4) is 0 Å². The summed E-state index contributed by atoms with van der Waals surface area (Å²) in [7, 11) is 0. The van der Waals surface area contributed by atoms with E-state index in [2.05, 4.69) is 0 Å². The molecular weight excluding hydrogens is 257 g/mol. The van der Waals surface area contributed by atoms with Crippen LogP contribution in [0.25, 0.3) is 0 Å². The molecule has 0 spiro atoms. The smallest absolute Gasteiger partial charge is 0.196 e. The zero-order valence-electron chi connectivity index (χ0n) is 11.2. The second-order valence-corrected chi connectivity index (χ2v) is 4.64. The van der Waals surface area contributed by atoms with Gasteiger partial charge in [-0.1, -0.05) is 18.2 Å². The number of ketones is 1. The van der Waals surface area contributed by atoms with E-state index in [9.17, 15) is 14.0 Å². The van der Waals surface area contributed by atoms with E-state index in [4.69, 9.17) is 5.73 Å². The van der Waals surface area contributed by atoms with E-state index in [1.165, 1.54) is 18.2 Å².